The van der Waals surface area contributed by atoms with Crippen LogP contribution < -0.4 is 4.74 Å². The summed E-state index contributed by atoms with van der Waals surface area (Å²) in [5, 5.41) is 10.5. The molecule has 0 atom stereocenters. The molecule has 18 heavy (non-hydrogen) atoms. The van der Waals surface area contributed by atoms with E-state index in [1.165, 1.54) is 11.1 Å². The van der Waals surface area contributed by atoms with Gasteiger partial charge in [-0.25, -0.2) is 0 Å². The van der Waals surface area contributed by atoms with Gasteiger partial charge in [0.2, 0.25) is 0 Å². The Morgan fingerprint density at radius 1 is 1.33 bits per heavy atom. The third-order valence-corrected chi connectivity index (χ3v) is 3.01. The monoisotopic (exact) mass is 244 g/mol. The first-order chi connectivity index (χ1) is 8.66. The van der Waals surface area contributed by atoms with Crippen LogP contribution in [-0.4, -0.2) is 34.7 Å². The Morgan fingerprint density at radius 2 is 2.11 bits per heavy atom. The van der Waals surface area contributed by atoms with Gasteiger partial charge in [0.15, 0.2) is 0 Å². The summed E-state index contributed by atoms with van der Waals surface area (Å²) in [4.78, 5) is 13.8. The van der Waals surface area contributed by atoms with Gasteiger partial charge >= 0.3 is 0 Å². The molecule has 92 valence electrons. The second-order valence-corrected chi connectivity index (χ2v) is 4.18. The fourth-order valence-corrected chi connectivity index (χ4v) is 2.07. The van der Waals surface area contributed by atoms with Gasteiger partial charge in [-0.1, -0.05) is 12.1 Å². The Morgan fingerprint density at radius 3 is 2.94 bits per heavy atom. The van der Waals surface area contributed by atoms with Gasteiger partial charge in [0.05, 0.1) is 11.3 Å². The number of rotatable bonds is 0. The van der Waals surface area contributed by atoms with E-state index in [-0.39, 0.29) is 12.5 Å². The van der Waals surface area contributed by atoms with Crippen molar-refractivity contribution in [3.8, 4) is 5.75 Å². The number of carbonyl (C=O) groups excluding carboxylic acids is 1. The number of likely N-dealkylation sites (N-methyl/N-ethyl adjacent to an activating group) is 1. The molecular weight excluding hydrogens is 232 g/mol. The molecule has 0 saturated heterocycles. The second kappa shape index (κ2) is 3.89. The van der Waals surface area contributed by atoms with E-state index in [0.717, 1.165) is 5.06 Å². The van der Waals surface area contributed by atoms with Crippen molar-refractivity contribution in [2.24, 2.45) is 0 Å². The Kier molecular flexibility index (Phi) is 2.34. The van der Waals surface area contributed by atoms with E-state index in [1.54, 1.807) is 31.3 Å². The first kappa shape index (κ1) is 10.9. The fourth-order valence-electron chi connectivity index (χ4n) is 2.07. The molecule has 1 amide bonds. The average Bonchev–Trinajstić information content (AvgIpc) is 2.47. The van der Waals surface area contributed by atoms with Crippen molar-refractivity contribution in [2.45, 2.75) is 0 Å². The molecule has 2 aliphatic rings. The van der Waals surface area contributed by atoms with Crippen LogP contribution >= 0.6 is 0 Å². The summed E-state index contributed by atoms with van der Waals surface area (Å²) in [6.45, 7) is 0.220. The van der Waals surface area contributed by atoms with Crippen LogP contribution in [0.2, 0.25) is 0 Å². The molecule has 2 aliphatic heterocycles. The topological polar surface area (TPSA) is 53.0 Å². The zero-order chi connectivity index (χ0) is 12.7. The number of carbonyl (C=O) groups is 1. The summed E-state index contributed by atoms with van der Waals surface area (Å²) < 4.78 is 5.74. The van der Waals surface area contributed by atoms with Crippen molar-refractivity contribution < 1.29 is 14.7 Å². The number of para-hydroxylation sites is 1. The maximum absolute atomic E-state index is 12.3. The number of benzene rings is 1. The number of amides is 1. The molecule has 0 radical (unpaired) electrons. The van der Waals surface area contributed by atoms with E-state index >= 15 is 0 Å². The number of hydroxylamine groups is 2. The Labute approximate surface area is 104 Å². The van der Waals surface area contributed by atoms with E-state index in [1.807, 2.05) is 6.07 Å². The lowest BCUT2D eigenvalue weighted by Gasteiger charge is -2.24. The average molecular weight is 244 g/mol. The van der Waals surface area contributed by atoms with Gasteiger partial charge in [-0.05, 0) is 18.2 Å². The zero-order valence-electron chi connectivity index (χ0n) is 9.83. The molecule has 2 heterocycles. The van der Waals surface area contributed by atoms with Gasteiger partial charge in [0.25, 0.3) is 5.91 Å². The molecule has 0 bridgehead atoms. The summed E-state index contributed by atoms with van der Waals surface area (Å²) in [5.41, 5.74) is 1.19. The summed E-state index contributed by atoms with van der Waals surface area (Å²) in [5.74, 6) is 0.954. The number of hydrogen-bond donors (Lipinski definition) is 1. The van der Waals surface area contributed by atoms with Crippen LogP contribution in [0.1, 0.15) is 10.4 Å². The predicted octanol–water partition coefficient (Wildman–Crippen LogP) is 1.58. The molecule has 5 nitrogen and oxygen atoms in total. The standard InChI is InChI=1S/C13H12N2O3/c1-14-10-6-7-15(17)8-12(10)18-11-5-3-2-4-9(11)13(14)16/h2-7,17H,8H2,1H3. The highest BCUT2D eigenvalue weighted by atomic mass is 16.5. The lowest BCUT2D eigenvalue weighted by molar-refractivity contribution is -0.0407. The van der Waals surface area contributed by atoms with Gasteiger partial charge in [0, 0.05) is 13.2 Å². The molecule has 0 spiro atoms. The molecule has 1 aromatic rings. The third kappa shape index (κ3) is 1.56. The lowest BCUT2D eigenvalue weighted by Crippen LogP contribution is -2.30. The maximum Gasteiger partial charge on any atom is 0.261 e. The van der Waals surface area contributed by atoms with E-state index in [4.69, 9.17) is 4.74 Å². The minimum atomic E-state index is -0.119. The summed E-state index contributed by atoms with van der Waals surface area (Å²) >= 11 is 0. The van der Waals surface area contributed by atoms with Gasteiger partial charge < -0.3 is 9.64 Å². The van der Waals surface area contributed by atoms with E-state index in [9.17, 15) is 10.0 Å². The molecule has 0 saturated carbocycles. The van der Waals surface area contributed by atoms with Crippen molar-refractivity contribution in [3.63, 3.8) is 0 Å². The molecule has 3 rings (SSSR count). The molecule has 0 aliphatic carbocycles. The highest BCUT2D eigenvalue weighted by Gasteiger charge is 2.28. The molecular formula is C13H12N2O3. The van der Waals surface area contributed by atoms with E-state index < -0.39 is 0 Å². The van der Waals surface area contributed by atoms with Gasteiger partial charge in [-0.3, -0.25) is 15.1 Å². The first-order valence-corrected chi connectivity index (χ1v) is 5.58. The molecule has 0 unspecified atom stereocenters. The molecule has 0 fully saturated rings. The van der Waals surface area contributed by atoms with Crippen LogP contribution in [0.4, 0.5) is 0 Å². The molecule has 1 N–H and O–H groups in total. The SMILES string of the molecule is CN1C(=O)c2ccccc2OC2=C1C=CN(O)C2. The van der Waals surface area contributed by atoms with Crippen LogP contribution in [-0.2, 0) is 0 Å². The lowest BCUT2D eigenvalue weighted by atomic mass is 10.2. The largest absolute Gasteiger partial charge is 0.457 e. The number of ether oxygens (including phenoxy) is 1. The molecule has 1 aromatic carbocycles. The zero-order valence-corrected chi connectivity index (χ0v) is 9.83. The molecule has 5 heteroatoms. The van der Waals surface area contributed by atoms with E-state index in [2.05, 4.69) is 0 Å². The van der Waals surface area contributed by atoms with Crippen LogP contribution in [0, 0.1) is 0 Å². The predicted molar refractivity (Wildman–Crippen MR) is 63.8 cm³/mol. The second-order valence-electron chi connectivity index (χ2n) is 4.18. The number of nitrogens with zero attached hydrogens (tertiary/aromatic N) is 2. The highest BCUT2D eigenvalue weighted by molar-refractivity contribution is 5.98. The Balaban J connectivity index is 2.13. The fraction of sp³-hybridized carbons (Fsp3) is 0.154. The van der Waals surface area contributed by atoms with Crippen LogP contribution in [0.25, 0.3) is 0 Å². The van der Waals surface area contributed by atoms with Gasteiger partial charge in [-0.2, -0.15) is 0 Å². The van der Waals surface area contributed by atoms with E-state index in [0.29, 0.717) is 22.8 Å². The first-order valence-electron chi connectivity index (χ1n) is 5.58. The van der Waals surface area contributed by atoms with Crippen LogP contribution in [0.15, 0.2) is 48.0 Å². The number of allylic oxidation sites excluding steroid dienone is 1. The summed E-state index contributed by atoms with van der Waals surface area (Å²) in [6, 6.07) is 7.09. The number of hydrogen-bond acceptors (Lipinski definition) is 4. The Bertz CT molecular complexity index is 577. The van der Waals surface area contributed by atoms with Crippen LogP contribution in [0.5, 0.6) is 5.75 Å². The Hall–Kier alpha value is -2.27. The minimum Gasteiger partial charge on any atom is -0.457 e. The van der Waals surface area contributed by atoms with Crippen molar-refractivity contribution in [1.29, 1.82) is 0 Å². The van der Waals surface area contributed by atoms with Crippen LogP contribution in [0.3, 0.4) is 0 Å². The van der Waals surface area contributed by atoms with Crippen molar-refractivity contribution in [2.75, 3.05) is 13.6 Å². The maximum atomic E-state index is 12.3. The molecule has 0 aromatic heterocycles. The normalized spacial score (nSPS) is 18.2. The van der Waals surface area contributed by atoms with Crippen molar-refractivity contribution in [1.82, 2.24) is 9.96 Å². The van der Waals surface area contributed by atoms with Crippen molar-refractivity contribution in [3.05, 3.63) is 53.6 Å². The van der Waals surface area contributed by atoms with Gasteiger partial charge in [0.1, 0.15) is 18.1 Å². The highest BCUT2D eigenvalue weighted by Crippen LogP contribution is 2.30. The van der Waals surface area contributed by atoms with Crippen molar-refractivity contribution >= 4 is 5.91 Å². The smallest absolute Gasteiger partial charge is 0.261 e. The minimum absolute atomic E-state index is 0.119. The third-order valence-electron chi connectivity index (χ3n) is 3.01. The quantitative estimate of drug-likeness (QED) is 0.752. The number of fused-ring (bicyclic) bond motifs is 1. The summed E-state index contributed by atoms with van der Waals surface area (Å²) in [6.07, 6.45) is 3.16. The summed E-state index contributed by atoms with van der Waals surface area (Å²) in [7, 11) is 1.69. The van der Waals surface area contributed by atoms with Gasteiger partial charge in [-0.15, -0.1) is 0 Å².